The topological polar surface area (TPSA) is 46.9 Å². The molecule has 0 unspecified atom stereocenters. The van der Waals surface area contributed by atoms with Crippen LogP contribution in [0.4, 0.5) is 19.0 Å². The van der Waals surface area contributed by atoms with Crippen molar-refractivity contribution in [2.24, 2.45) is 13.0 Å². The maximum Gasteiger partial charge on any atom is 0.248 e. The fourth-order valence-electron chi connectivity index (χ4n) is 4.00. The van der Waals surface area contributed by atoms with Crippen molar-refractivity contribution in [1.29, 1.82) is 0 Å². The van der Waals surface area contributed by atoms with Crippen molar-refractivity contribution >= 4 is 11.7 Å². The predicted molar refractivity (Wildman–Crippen MR) is 96.1 cm³/mol. The summed E-state index contributed by atoms with van der Waals surface area (Å²) in [6.07, 6.45) is 2.61. The van der Waals surface area contributed by atoms with Gasteiger partial charge in [0.2, 0.25) is 11.8 Å². The molecule has 4 rings (SSSR count). The number of benzene rings is 1. The Balaban J connectivity index is 1.61. The van der Waals surface area contributed by atoms with E-state index in [1.807, 2.05) is 0 Å². The van der Waals surface area contributed by atoms with E-state index in [1.165, 1.54) is 6.07 Å². The third-order valence-corrected chi connectivity index (χ3v) is 5.63. The molecule has 1 heterocycles. The standard InChI is InChI=1S/C20H22F3N3O/c1-26-19(24-16(27)9-12-10-20(22,23)11-12)17(13-5-4-6-13)18(25-26)14-7-2-3-8-15(14)21/h2-3,7-8,12-13H,4-6,9-11H2,1H3,(H,24,27). The van der Waals surface area contributed by atoms with Gasteiger partial charge in [0.1, 0.15) is 17.3 Å². The molecule has 0 spiro atoms. The zero-order valence-corrected chi connectivity index (χ0v) is 15.1. The first kappa shape index (κ1) is 18.1. The van der Waals surface area contributed by atoms with Gasteiger partial charge in [-0.2, -0.15) is 5.10 Å². The van der Waals surface area contributed by atoms with Crippen LogP contribution in [0.2, 0.25) is 0 Å². The smallest absolute Gasteiger partial charge is 0.248 e. The number of aryl methyl sites for hydroxylation is 1. The van der Waals surface area contributed by atoms with Gasteiger partial charge >= 0.3 is 0 Å². The Morgan fingerprint density at radius 2 is 2.00 bits per heavy atom. The van der Waals surface area contributed by atoms with Crippen LogP contribution in [-0.2, 0) is 11.8 Å². The number of alkyl halides is 2. The number of nitrogens with one attached hydrogen (secondary N) is 1. The lowest BCUT2D eigenvalue weighted by Crippen LogP contribution is -2.37. The average molecular weight is 377 g/mol. The van der Waals surface area contributed by atoms with Gasteiger partial charge < -0.3 is 5.32 Å². The quantitative estimate of drug-likeness (QED) is 0.808. The highest BCUT2D eigenvalue weighted by molar-refractivity contribution is 5.92. The Hall–Kier alpha value is -2.31. The second-order valence-electron chi connectivity index (χ2n) is 7.72. The van der Waals surface area contributed by atoms with E-state index in [0.717, 1.165) is 24.8 Å². The molecule has 1 aromatic heterocycles. The first-order chi connectivity index (χ1) is 12.8. The molecule has 2 fully saturated rings. The molecule has 2 saturated carbocycles. The van der Waals surface area contributed by atoms with Crippen LogP contribution in [-0.4, -0.2) is 21.6 Å². The Kier molecular flexibility index (Phi) is 4.48. The van der Waals surface area contributed by atoms with Gasteiger partial charge in [-0.15, -0.1) is 0 Å². The molecule has 7 heteroatoms. The minimum absolute atomic E-state index is 0.0694. The monoisotopic (exact) mass is 377 g/mol. The van der Waals surface area contributed by atoms with Gasteiger partial charge in [-0.1, -0.05) is 18.6 Å². The molecule has 0 atom stereocenters. The third kappa shape index (κ3) is 3.47. The lowest BCUT2D eigenvalue weighted by molar-refractivity contribution is -0.129. The Morgan fingerprint density at radius 1 is 1.30 bits per heavy atom. The maximum absolute atomic E-state index is 14.3. The highest BCUT2D eigenvalue weighted by atomic mass is 19.3. The lowest BCUT2D eigenvalue weighted by atomic mass is 9.78. The van der Waals surface area contributed by atoms with E-state index in [-0.39, 0.29) is 42.8 Å². The molecule has 0 saturated heterocycles. The summed E-state index contributed by atoms with van der Waals surface area (Å²) >= 11 is 0. The second kappa shape index (κ2) is 6.69. The molecule has 1 N–H and O–H groups in total. The summed E-state index contributed by atoms with van der Waals surface area (Å²) in [6.45, 7) is 0. The highest BCUT2D eigenvalue weighted by Gasteiger charge is 2.45. The van der Waals surface area contributed by atoms with Gasteiger partial charge in [0, 0.05) is 37.4 Å². The third-order valence-electron chi connectivity index (χ3n) is 5.63. The number of carbonyl (C=O) groups is 1. The van der Waals surface area contributed by atoms with Crippen LogP contribution in [0, 0.1) is 11.7 Å². The number of rotatable bonds is 5. The first-order valence-electron chi connectivity index (χ1n) is 9.33. The van der Waals surface area contributed by atoms with Crippen LogP contribution in [0.15, 0.2) is 24.3 Å². The minimum Gasteiger partial charge on any atom is -0.311 e. The van der Waals surface area contributed by atoms with Gasteiger partial charge in [-0.3, -0.25) is 9.48 Å². The fraction of sp³-hybridized carbons (Fsp3) is 0.500. The van der Waals surface area contributed by atoms with Gasteiger partial charge in [0.05, 0.1) is 0 Å². The van der Waals surface area contributed by atoms with E-state index in [1.54, 1.807) is 29.9 Å². The SMILES string of the molecule is Cn1nc(-c2ccccc2F)c(C2CCC2)c1NC(=O)CC1CC(F)(F)C1. The minimum atomic E-state index is -2.63. The van der Waals surface area contributed by atoms with E-state index in [2.05, 4.69) is 10.4 Å². The number of amides is 1. The number of carbonyl (C=O) groups excluding carboxylic acids is 1. The molecule has 1 amide bonds. The van der Waals surface area contributed by atoms with E-state index in [4.69, 9.17) is 0 Å². The van der Waals surface area contributed by atoms with E-state index in [9.17, 15) is 18.0 Å². The predicted octanol–water partition coefficient (Wildman–Crippen LogP) is 4.87. The van der Waals surface area contributed by atoms with Crippen molar-refractivity contribution in [1.82, 2.24) is 9.78 Å². The zero-order chi connectivity index (χ0) is 19.2. The average Bonchev–Trinajstić information content (AvgIpc) is 2.81. The molecule has 2 aliphatic carbocycles. The molecule has 144 valence electrons. The summed E-state index contributed by atoms with van der Waals surface area (Å²) in [5, 5.41) is 7.33. The summed E-state index contributed by atoms with van der Waals surface area (Å²) in [4.78, 5) is 12.4. The van der Waals surface area contributed by atoms with Crippen molar-refractivity contribution in [3.05, 3.63) is 35.6 Å². The fourth-order valence-corrected chi connectivity index (χ4v) is 4.00. The number of anilines is 1. The normalized spacial score (nSPS) is 19.4. The molecule has 1 aromatic carbocycles. The molecule has 2 aromatic rings. The van der Waals surface area contributed by atoms with Crippen LogP contribution in [0.25, 0.3) is 11.3 Å². The summed E-state index contributed by atoms with van der Waals surface area (Å²) < 4.78 is 41.9. The van der Waals surface area contributed by atoms with Crippen LogP contribution < -0.4 is 5.32 Å². The number of halogens is 3. The molecule has 2 aliphatic rings. The summed E-state index contributed by atoms with van der Waals surface area (Å²) in [5.41, 5.74) is 1.81. The van der Waals surface area contributed by atoms with E-state index >= 15 is 0 Å². The van der Waals surface area contributed by atoms with Crippen molar-refractivity contribution in [3.63, 3.8) is 0 Å². The second-order valence-corrected chi connectivity index (χ2v) is 7.72. The molecule has 0 radical (unpaired) electrons. The van der Waals surface area contributed by atoms with Gasteiger partial charge in [-0.05, 0) is 36.8 Å². The molecule has 4 nitrogen and oxygen atoms in total. The first-order valence-corrected chi connectivity index (χ1v) is 9.33. The van der Waals surface area contributed by atoms with Gasteiger partial charge in [0.25, 0.3) is 0 Å². The molecule has 0 aliphatic heterocycles. The van der Waals surface area contributed by atoms with Crippen molar-refractivity contribution < 1.29 is 18.0 Å². The Labute approximate surface area is 155 Å². The maximum atomic E-state index is 14.3. The number of nitrogens with zero attached hydrogens (tertiary/aromatic N) is 2. The number of hydrogen-bond donors (Lipinski definition) is 1. The highest BCUT2D eigenvalue weighted by Crippen LogP contribution is 2.46. The van der Waals surface area contributed by atoms with Gasteiger partial charge in [0.15, 0.2) is 0 Å². The van der Waals surface area contributed by atoms with Crippen LogP contribution in [0.1, 0.15) is 50.0 Å². The zero-order valence-electron chi connectivity index (χ0n) is 15.1. The lowest BCUT2D eigenvalue weighted by Gasteiger charge is -2.34. The van der Waals surface area contributed by atoms with E-state index in [0.29, 0.717) is 17.1 Å². The van der Waals surface area contributed by atoms with Gasteiger partial charge in [-0.25, -0.2) is 13.2 Å². The summed E-state index contributed by atoms with van der Waals surface area (Å²) in [6, 6.07) is 6.46. The largest absolute Gasteiger partial charge is 0.311 e. The molecular formula is C20H22F3N3O. The number of aromatic nitrogens is 2. The van der Waals surface area contributed by atoms with E-state index < -0.39 is 5.92 Å². The molecule has 27 heavy (non-hydrogen) atoms. The van der Waals surface area contributed by atoms with Crippen molar-refractivity contribution in [2.75, 3.05) is 5.32 Å². The van der Waals surface area contributed by atoms with Crippen LogP contribution in [0.5, 0.6) is 0 Å². The summed E-state index contributed by atoms with van der Waals surface area (Å²) in [5.74, 6) is -2.80. The summed E-state index contributed by atoms with van der Waals surface area (Å²) in [7, 11) is 1.71. The Bertz CT molecular complexity index is 865. The van der Waals surface area contributed by atoms with Crippen molar-refractivity contribution in [3.8, 4) is 11.3 Å². The van der Waals surface area contributed by atoms with Crippen LogP contribution in [0.3, 0.4) is 0 Å². The Morgan fingerprint density at radius 3 is 2.59 bits per heavy atom. The molecular weight excluding hydrogens is 355 g/mol. The molecule has 0 bridgehead atoms. The number of hydrogen-bond acceptors (Lipinski definition) is 2. The van der Waals surface area contributed by atoms with Crippen molar-refractivity contribution in [2.45, 2.75) is 50.4 Å². The van der Waals surface area contributed by atoms with Crippen LogP contribution >= 0.6 is 0 Å².